The molecule has 0 unspecified atom stereocenters. The Morgan fingerprint density at radius 1 is 1.36 bits per heavy atom. The number of thiazole rings is 1. The number of aryl methyl sites for hydroxylation is 2. The summed E-state index contributed by atoms with van der Waals surface area (Å²) in [7, 11) is 0. The molecule has 0 aromatic carbocycles. The van der Waals surface area contributed by atoms with Gasteiger partial charge in [0.25, 0.3) is 0 Å². The number of rotatable bonds is 1. The molecular weight excluding hydrogens is 280 g/mol. The van der Waals surface area contributed by atoms with E-state index in [4.69, 9.17) is 5.73 Å². The summed E-state index contributed by atoms with van der Waals surface area (Å²) in [5.74, 6) is 0. The molecule has 2 heterocycles. The highest BCUT2D eigenvalue weighted by atomic mass is 79.9. The molecule has 0 aliphatic carbocycles. The minimum Gasteiger partial charge on any atom is -0.375 e. The first-order chi connectivity index (χ1) is 6.58. The summed E-state index contributed by atoms with van der Waals surface area (Å²) in [6.45, 7) is 4.13. The summed E-state index contributed by atoms with van der Waals surface area (Å²) in [6.07, 6.45) is 0. The summed E-state index contributed by atoms with van der Waals surface area (Å²) in [4.78, 5) is 7.95. The zero-order valence-electron chi connectivity index (χ0n) is 7.80. The molecule has 2 N–H and O–H groups in total. The summed E-state index contributed by atoms with van der Waals surface area (Å²) < 4.78 is 1.11. The zero-order chi connectivity index (χ0) is 10.3. The fourth-order valence-electron chi connectivity index (χ4n) is 1.27. The second-order valence-corrected chi connectivity index (χ2v) is 6.34. The van der Waals surface area contributed by atoms with Crippen LogP contribution in [0, 0.1) is 13.8 Å². The van der Waals surface area contributed by atoms with Gasteiger partial charge in [0.15, 0.2) is 5.13 Å². The van der Waals surface area contributed by atoms with Crippen molar-refractivity contribution in [1.29, 1.82) is 0 Å². The van der Waals surface area contributed by atoms with Crippen LogP contribution in [0.4, 0.5) is 5.13 Å². The summed E-state index contributed by atoms with van der Waals surface area (Å²) in [5.41, 5.74) is 6.68. The van der Waals surface area contributed by atoms with Gasteiger partial charge in [0.2, 0.25) is 0 Å². The molecule has 0 bridgehead atoms. The van der Waals surface area contributed by atoms with Gasteiger partial charge in [-0.15, -0.1) is 22.7 Å². The van der Waals surface area contributed by atoms with E-state index in [1.165, 1.54) is 26.0 Å². The van der Waals surface area contributed by atoms with Gasteiger partial charge >= 0.3 is 0 Å². The highest BCUT2D eigenvalue weighted by Crippen LogP contribution is 2.39. The van der Waals surface area contributed by atoms with Crippen molar-refractivity contribution in [2.24, 2.45) is 0 Å². The van der Waals surface area contributed by atoms with Crippen LogP contribution in [-0.2, 0) is 0 Å². The second kappa shape index (κ2) is 3.64. The Hall–Kier alpha value is -0.390. The molecule has 0 saturated heterocycles. The number of hydrogen-bond acceptors (Lipinski definition) is 4. The first-order valence-corrected chi connectivity index (χ1v) is 6.49. The SMILES string of the molecule is Cc1cc(Br)c(-c2nc(N)sc2C)s1. The van der Waals surface area contributed by atoms with E-state index < -0.39 is 0 Å². The van der Waals surface area contributed by atoms with Crippen LogP contribution in [0.25, 0.3) is 10.6 Å². The number of nitrogens with two attached hydrogens (primary N) is 1. The van der Waals surface area contributed by atoms with E-state index in [2.05, 4.69) is 33.9 Å². The first kappa shape index (κ1) is 10.1. The molecule has 14 heavy (non-hydrogen) atoms. The molecule has 2 nitrogen and oxygen atoms in total. The predicted molar refractivity (Wildman–Crippen MR) is 67.0 cm³/mol. The molecule has 2 aromatic heterocycles. The Bertz CT molecular complexity index is 429. The van der Waals surface area contributed by atoms with E-state index in [0.717, 1.165) is 10.2 Å². The van der Waals surface area contributed by atoms with Crippen LogP contribution in [0.2, 0.25) is 0 Å². The number of halogens is 1. The van der Waals surface area contributed by atoms with Gasteiger partial charge in [0.05, 0.1) is 10.6 Å². The largest absolute Gasteiger partial charge is 0.375 e. The predicted octanol–water partition coefficient (Wildman–Crippen LogP) is 3.83. The Morgan fingerprint density at radius 2 is 2.07 bits per heavy atom. The average Bonchev–Trinajstić information content (AvgIpc) is 2.55. The molecule has 2 aromatic rings. The maximum absolute atomic E-state index is 5.67. The van der Waals surface area contributed by atoms with Crippen LogP contribution >= 0.6 is 38.6 Å². The molecule has 0 aliphatic heterocycles. The first-order valence-electron chi connectivity index (χ1n) is 4.07. The quantitative estimate of drug-likeness (QED) is 0.866. The van der Waals surface area contributed by atoms with Crippen molar-refractivity contribution >= 4 is 43.7 Å². The average molecular weight is 289 g/mol. The van der Waals surface area contributed by atoms with Crippen LogP contribution in [0.5, 0.6) is 0 Å². The summed E-state index contributed by atoms with van der Waals surface area (Å²) in [6, 6.07) is 2.11. The lowest BCUT2D eigenvalue weighted by atomic mass is 10.3. The smallest absolute Gasteiger partial charge is 0.180 e. The Kier molecular flexibility index (Phi) is 2.64. The van der Waals surface area contributed by atoms with Crippen molar-refractivity contribution < 1.29 is 0 Å². The van der Waals surface area contributed by atoms with E-state index in [-0.39, 0.29) is 0 Å². The van der Waals surface area contributed by atoms with Crippen LogP contribution in [0.1, 0.15) is 9.75 Å². The highest BCUT2D eigenvalue weighted by Gasteiger charge is 2.13. The van der Waals surface area contributed by atoms with Crippen molar-refractivity contribution in [1.82, 2.24) is 4.98 Å². The monoisotopic (exact) mass is 288 g/mol. The van der Waals surface area contributed by atoms with Gasteiger partial charge in [-0.3, -0.25) is 0 Å². The Morgan fingerprint density at radius 3 is 2.50 bits per heavy atom. The van der Waals surface area contributed by atoms with Crippen molar-refractivity contribution in [3.05, 3.63) is 20.3 Å². The third-order valence-electron chi connectivity index (χ3n) is 1.84. The van der Waals surface area contributed by atoms with Gasteiger partial charge in [-0.2, -0.15) is 0 Å². The Labute approximate surface area is 98.9 Å². The number of aromatic nitrogens is 1. The lowest BCUT2D eigenvalue weighted by Gasteiger charge is -1.93. The standard InChI is InChI=1S/C9H9BrN2S2/c1-4-3-6(10)8(13-4)7-5(2)14-9(11)12-7/h3H,1-2H3,(H2,11,12). The summed E-state index contributed by atoms with van der Waals surface area (Å²) in [5, 5.41) is 0.635. The van der Waals surface area contributed by atoms with E-state index in [9.17, 15) is 0 Å². The zero-order valence-corrected chi connectivity index (χ0v) is 11.0. The number of nitrogen functional groups attached to an aromatic ring is 1. The molecular formula is C9H9BrN2S2. The van der Waals surface area contributed by atoms with E-state index in [0.29, 0.717) is 5.13 Å². The maximum atomic E-state index is 5.67. The minimum absolute atomic E-state index is 0.635. The van der Waals surface area contributed by atoms with E-state index >= 15 is 0 Å². The third kappa shape index (κ3) is 1.71. The second-order valence-electron chi connectivity index (χ2n) is 2.99. The third-order valence-corrected chi connectivity index (χ3v) is 4.58. The maximum Gasteiger partial charge on any atom is 0.180 e. The molecule has 0 fully saturated rings. The van der Waals surface area contributed by atoms with E-state index in [1.807, 2.05) is 6.92 Å². The minimum atomic E-state index is 0.635. The number of thiophene rings is 1. The molecule has 0 saturated carbocycles. The molecule has 5 heteroatoms. The van der Waals surface area contributed by atoms with Gasteiger partial charge < -0.3 is 5.73 Å². The van der Waals surface area contributed by atoms with Crippen LogP contribution < -0.4 is 5.73 Å². The molecule has 2 rings (SSSR count). The van der Waals surface area contributed by atoms with Crippen molar-refractivity contribution in [3.63, 3.8) is 0 Å². The number of hydrogen-bond donors (Lipinski definition) is 1. The van der Waals surface area contributed by atoms with E-state index in [1.54, 1.807) is 11.3 Å². The molecule has 74 valence electrons. The van der Waals surface area contributed by atoms with Crippen LogP contribution in [-0.4, -0.2) is 4.98 Å². The van der Waals surface area contributed by atoms with Crippen molar-refractivity contribution in [2.75, 3.05) is 5.73 Å². The lowest BCUT2D eigenvalue weighted by Crippen LogP contribution is -1.81. The van der Waals surface area contributed by atoms with Crippen LogP contribution in [0.15, 0.2) is 10.5 Å². The number of nitrogens with zero attached hydrogens (tertiary/aromatic N) is 1. The molecule has 0 atom stereocenters. The van der Waals surface area contributed by atoms with Gasteiger partial charge in [-0.05, 0) is 35.8 Å². The van der Waals surface area contributed by atoms with Crippen molar-refractivity contribution in [2.45, 2.75) is 13.8 Å². The number of anilines is 1. The fourth-order valence-corrected chi connectivity index (χ4v) is 3.91. The van der Waals surface area contributed by atoms with Crippen molar-refractivity contribution in [3.8, 4) is 10.6 Å². The molecule has 0 amide bonds. The molecule has 0 aliphatic rings. The lowest BCUT2D eigenvalue weighted by molar-refractivity contribution is 1.39. The highest BCUT2D eigenvalue weighted by molar-refractivity contribution is 9.10. The fraction of sp³-hybridized carbons (Fsp3) is 0.222. The van der Waals surface area contributed by atoms with Gasteiger partial charge in [-0.1, -0.05) is 0 Å². The molecule has 0 radical (unpaired) electrons. The van der Waals surface area contributed by atoms with Gasteiger partial charge in [0, 0.05) is 14.2 Å². The normalized spacial score (nSPS) is 10.8. The van der Waals surface area contributed by atoms with Gasteiger partial charge in [0.1, 0.15) is 0 Å². The molecule has 0 spiro atoms. The topological polar surface area (TPSA) is 38.9 Å². The van der Waals surface area contributed by atoms with Crippen LogP contribution in [0.3, 0.4) is 0 Å². The van der Waals surface area contributed by atoms with Gasteiger partial charge in [-0.25, -0.2) is 4.98 Å². The Balaban J connectivity index is 2.59. The summed E-state index contributed by atoms with van der Waals surface area (Å²) >= 11 is 6.80.